The number of hydrogen-bond donors (Lipinski definition) is 2. The van der Waals surface area contributed by atoms with Gasteiger partial charge in [-0.25, -0.2) is 0 Å². The van der Waals surface area contributed by atoms with Gasteiger partial charge in [-0.15, -0.1) is 0 Å². The van der Waals surface area contributed by atoms with Crippen LogP contribution in [0.1, 0.15) is 17.2 Å². The predicted molar refractivity (Wildman–Crippen MR) is 79.6 cm³/mol. The van der Waals surface area contributed by atoms with Crippen LogP contribution in [0.3, 0.4) is 0 Å². The van der Waals surface area contributed by atoms with E-state index in [-0.39, 0.29) is 12.6 Å². The van der Waals surface area contributed by atoms with Crippen LogP contribution in [0.5, 0.6) is 0 Å². The van der Waals surface area contributed by atoms with E-state index in [1.54, 1.807) is 12.1 Å². The van der Waals surface area contributed by atoms with Crippen molar-refractivity contribution in [2.45, 2.75) is 12.6 Å². The minimum atomic E-state index is -0.157. The van der Waals surface area contributed by atoms with Gasteiger partial charge >= 0.3 is 0 Å². The largest absolute Gasteiger partial charge is 0.394 e. The molecule has 0 aliphatic carbocycles. The van der Waals surface area contributed by atoms with Gasteiger partial charge in [0.25, 0.3) is 0 Å². The van der Waals surface area contributed by atoms with E-state index in [1.165, 1.54) is 5.56 Å². The van der Waals surface area contributed by atoms with Crippen LogP contribution in [-0.4, -0.2) is 11.7 Å². The van der Waals surface area contributed by atoms with Gasteiger partial charge in [-0.1, -0.05) is 59.6 Å². The molecule has 0 fully saturated rings. The Morgan fingerprint density at radius 3 is 2.37 bits per heavy atom. The predicted octanol–water partition coefficient (Wildman–Crippen LogP) is 3.82. The average Bonchev–Trinajstić information content (AvgIpc) is 2.44. The van der Waals surface area contributed by atoms with Crippen LogP contribution in [0.25, 0.3) is 0 Å². The second-order valence-electron chi connectivity index (χ2n) is 4.28. The van der Waals surface area contributed by atoms with Crippen molar-refractivity contribution in [3.05, 3.63) is 69.7 Å². The Labute approximate surface area is 123 Å². The highest BCUT2D eigenvalue weighted by Crippen LogP contribution is 2.25. The van der Waals surface area contributed by atoms with Crippen molar-refractivity contribution >= 4 is 23.2 Å². The number of aliphatic hydroxyl groups excluding tert-OH is 1. The Morgan fingerprint density at radius 1 is 1.00 bits per heavy atom. The van der Waals surface area contributed by atoms with Gasteiger partial charge in [-0.05, 0) is 23.3 Å². The third-order valence-electron chi connectivity index (χ3n) is 2.92. The van der Waals surface area contributed by atoms with Gasteiger partial charge < -0.3 is 10.4 Å². The zero-order valence-electron chi connectivity index (χ0n) is 10.3. The highest BCUT2D eigenvalue weighted by molar-refractivity contribution is 6.42. The second-order valence-corrected chi connectivity index (χ2v) is 5.09. The van der Waals surface area contributed by atoms with Gasteiger partial charge in [0.2, 0.25) is 0 Å². The Balaban J connectivity index is 2.05. The standard InChI is InChI=1S/C15H15Cl2NO/c16-13-7-6-12(8-14(13)17)15(10-19)18-9-11-4-2-1-3-5-11/h1-8,15,18-19H,9-10H2. The van der Waals surface area contributed by atoms with Gasteiger partial charge in [0, 0.05) is 6.54 Å². The Hall–Kier alpha value is -1.06. The monoisotopic (exact) mass is 295 g/mol. The van der Waals surface area contributed by atoms with Gasteiger partial charge in [0.05, 0.1) is 22.7 Å². The van der Waals surface area contributed by atoms with Crippen molar-refractivity contribution < 1.29 is 5.11 Å². The molecule has 0 spiro atoms. The molecule has 2 aromatic carbocycles. The van der Waals surface area contributed by atoms with E-state index >= 15 is 0 Å². The molecule has 0 saturated heterocycles. The zero-order chi connectivity index (χ0) is 13.7. The quantitative estimate of drug-likeness (QED) is 0.879. The van der Waals surface area contributed by atoms with Crippen LogP contribution in [0.4, 0.5) is 0 Å². The highest BCUT2D eigenvalue weighted by Gasteiger charge is 2.11. The van der Waals surface area contributed by atoms with Crippen LogP contribution in [0, 0.1) is 0 Å². The number of aliphatic hydroxyl groups is 1. The molecule has 2 aromatic rings. The Bertz CT molecular complexity index is 531. The number of halogens is 2. The smallest absolute Gasteiger partial charge is 0.0626 e. The minimum Gasteiger partial charge on any atom is -0.394 e. The molecule has 2 N–H and O–H groups in total. The molecule has 2 rings (SSSR count). The minimum absolute atomic E-state index is 0.00476. The summed E-state index contributed by atoms with van der Waals surface area (Å²) in [5.41, 5.74) is 2.09. The lowest BCUT2D eigenvalue weighted by atomic mass is 10.1. The van der Waals surface area contributed by atoms with E-state index in [0.717, 1.165) is 5.56 Å². The first-order valence-electron chi connectivity index (χ1n) is 6.04. The van der Waals surface area contributed by atoms with E-state index in [1.807, 2.05) is 36.4 Å². The summed E-state index contributed by atoms with van der Waals surface area (Å²) in [6.45, 7) is 0.692. The molecule has 100 valence electrons. The maximum atomic E-state index is 9.48. The van der Waals surface area contributed by atoms with Crippen LogP contribution < -0.4 is 5.32 Å². The molecule has 0 aromatic heterocycles. The molecule has 2 nitrogen and oxygen atoms in total. The number of rotatable bonds is 5. The first-order valence-corrected chi connectivity index (χ1v) is 6.79. The van der Waals surface area contributed by atoms with Gasteiger partial charge in [-0.2, -0.15) is 0 Å². The molecule has 0 saturated carbocycles. The summed E-state index contributed by atoms with van der Waals surface area (Å²) in [4.78, 5) is 0. The van der Waals surface area contributed by atoms with E-state index in [9.17, 15) is 5.11 Å². The third kappa shape index (κ3) is 3.95. The van der Waals surface area contributed by atoms with E-state index in [2.05, 4.69) is 5.32 Å². The third-order valence-corrected chi connectivity index (χ3v) is 3.66. The van der Waals surface area contributed by atoms with Crippen molar-refractivity contribution in [2.75, 3.05) is 6.61 Å². The molecule has 1 unspecified atom stereocenters. The topological polar surface area (TPSA) is 32.3 Å². The summed E-state index contributed by atoms with van der Waals surface area (Å²) in [6.07, 6.45) is 0. The fourth-order valence-electron chi connectivity index (χ4n) is 1.85. The van der Waals surface area contributed by atoms with E-state index < -0.39 is 0 Å². The van der Waals surface area contributed by atoms with Crippen LogP contribution >= 0.6 is 23.2 Å². The molecule has 0 heterocycles. The first-order chi connectivity index (χ1) is 9.20. The Kier molecular flexibility index (Phi) is 5.23. The lowest BCUT2D eigenvalue weighted by molar-refractivity contribution is 0.243. The maximum Gasteiger partial charge on any atom is 0.0626 e. The summed E-state index contributed by atoms with van der Waals surface area (Å²) in [5.74, 6) is 0. The van der Waals surface area contributed by atoms with Gasteiger partial charge in [-0.3, -0.25) is 0 Å². The summed E-state index contributed by atoms with van der Waals surface area (Å²) >= 11 is 11.9. The lowest BCUT2D eigenvalue weighted by Crippen LogP contribution is -2.23. The van der Waals surface area contributed by atoms with Crippen molar-refractivity contribution in [2.24, 2.45) is 0 Å². The normalized spacial score (nSPS) is 12.4. The SMILES string of the molecule is OCC(NCc1ccccc1)c1ccc(Cl)c(Cl)c1. The molecule has 0 amide bonds. The lowest BCUT2D eigenvalue weighted by Gasteiger charge is -2.17. The second kappa shape index (κ2) is 6.92. The van der Waals surface area contributed by atoms with Crippen LogP contribution in [-0.2, 0) is 6.54 Å². The summed E-state index contributed by atoms with van der Waals surface area (Å²) in [5, 5.41) is 13.8. The van der Waals surface area contributed by atoms with E-state index in [0.29, 0.717) is 16.6 Å². The number of nitrogens with one attached hydrogen (secondary N) is 1. The molecule has 19 heavy (non-hydrogen) atoms. The molecule has 0 radical (unpaired) electrons. The molecule has 4 heteroatoms. The summed E-state index contributed by atoms with van der Waals surface area (Å²) in [6, 6.07) is 15.3. The van der Waals surface area contributed by atoms with Crippen molar-refractivity contribution in [3.63, 3.8) is 0 Å². The van der Waals surface area contributed by atoms with Crippen LogP contribution in [0.15, 0.2) is 48.5 Å². The van der Waals surface area contributed by atoms with Crippen LogP contribution in [0.2, 0.25) is 10.0 Å². The molecule has 0 aliphatic heterocycles. The molecular formula is C15H15Cl2NO. The molecule has 0 bridgehead atoms. The molecule has 1 atom stereocenters. The van der Waals surface area contributed by atoms with Crippen molar-refractivity contribution in [1.29, 1.82) is 0 Å². The fraction of sp³-hybridized carbons (Fsp3) is 0.200. The average molecular weight is 296 g/mol. The number of benzene rings is 2. The zero-order valence-corrected chi connectivity index (χ0v) is 11.8. The maximum absolute atomic E-state index is 9.48. The van der Waals surface area contributed by atoms with Crippen molar-refractivity contribution in [3.8, 4) is 0 Å². The number of hydrogen-bond acceptors (Lipinski definition) is 2. The van der Waals surface area contributed by atoms with Gasteiger partial charge in [0.1, 0.15) is 0 Å². The Morgan fingerprint density at radius 2 is 1.74 bits per heavy atom. The van der Waals surface area contributed by atoms with E-state index in [4.69, 9.17) is 23.2 Å². The van der Waals surface area contributed by atoms with Crippen molar-refractivity contribution in [1.82, 2.24) is 5.32 Å². The molecular weight excluding hydrogens is 281 g/mol. The summed E-state index contributed by atoms with van der Waals surface area (Å²) in [7, 11) is 0. The summed E-state index contributed by atoms with van der Waals surface area (Å²) < 4.78 is 0. The highest BCUT2D eigenvalue weighted by atomic mass is 35.5. The molecule has 0 aliphatic rings. The first kappa shape index (κ1) is 14.4. The van der Waals surface area contributed by atoms with Gasteiger partial charge in [0.15, 0.2) is 0 Å². The fourth-order valence-corrected chi connectivity index (χ4v) is 2.16.